The van der Waals surface area contributed by atoms with E-state index < -0.39 is 35.7 Å². The molecule has 250 valence electrons. The minimum absolute atomic E-state index is 0.108. The molecule has 48 heavy (non-hydrogen) atoms. The van der Waals surface area contributed by atoms with Crippen molar-refractivity contribution in [1.29, 1.82) is 0 Å². The van der Waals surface area contributed by atoms with Gasteiger partial charge in [0.2, 0.25) is 0 Å². The Morgan fingerprint density at radius 3 is 2.04 bits per heavy atom. The number of hydrogen-bond donors (Lipinski definition) is 0. The predicted molar refractivity (Wildman–Crippen MR) is 186 cm³/mol. The first-order valence-electron chi connectivity index (χ1n) is 15.3. The van der Waals surface area contributed by atoms with Gasteiger partial charge in [-0.25, -0.2) is 14.6 Å². The van der Waals surface area contributed by atoms with Crippen molar-refractivity contribution in [2.45, 2.75) is 60.3 Å². The van der Waals surface area contributed by atoms with Crippen molar-refractivity contribution in [2.24, 2.45) is 0 Å². The van der Waals surface area contributed by atoms with Gasteiger partial charge in [0, 0.05) is 33.2 Å². The number of esters is 1. The molecule has 4 rings (SSSR count). The van der Waals surface area contributed by atoms with Crippen LogP contribution in [0.3, 0.4) is 0 Å². The third-order valence-corrected chi connectivity index (χ3v) is 8.14. The Morgan fingerprint density at radius 2 is 1.46 bits per heavy atom. The largest absolute Gasteiger partial charge is 0.496 e. The van der Waals surface area contributed by atoms with Crippen molar-refractivity contribution in [3.05, 3.63) is 128 Å². The number of hydrazine groups is 1. The molecule has 0 radical (unpaired) electrons. The van der Waals surface area contributed by atoms with Gasteiger partial charge in [-0.2, -0.15) is 0 Å². The number of thiophene rings is 1. The molecule has 0 N–H and O–H groups in total. The van der Waals surface area contributed by atoms with Crippen molar-refractivity contribution in [3.8, 4) is 5.75 Å². The Hall–Kier alpha value is -5.22. The number of hydrogen-bond acceptors (Lipinski definition) is 8. The highest BCUT2D eigenvalue weighted by Gasteiger charge is 2.42. The maximum absolute atomic E-state index is 14.5. The molecule has 0 saturated carbocycles. The van der Waals surface area contributed by atoms with E-state index in [1.165, 1.54) is 30.6 Å². The lowest BCUT2D eigenvalue weighted by molar-refractivity contribution is -0.166. The van der Waals surface area contributed by atoms with Gasteiger partial charge >= 0.3 is 12.1 Å². The number of amides is 3. The zero-order valence-corrected chi connectivity index (χ0v) is 29.2. The predicted octanol–water partition coefficient (Wildman–Crippen LogP) is 8.38. The Morgan fingerprint density at radius 1 is 0.792 bits per heavy atom. The first-order chi connectivity index (χ1) is 22.7. The molecule has 0 saturated heterocycles. The summed E-state index contributed by atoms with van der Waals surface area (Å²) in [5, 5.41) is 3.63. The summed E-state index contributed by atoms with van der Waals surface area (Å²) in [6, 6.07) is 20.7. The zero-order chi connectivity index (χ0) is 35.2. The van der Waals surface area contributed by atoms with Crippen LogP contribution in [0.2, 0.25) is 0 Å². The van der Waals surface area contributed by atoms with Crippen molar-refractivity contribution >= 4 is 41.3 Å². The van der Waals surface area contributed by atoms with Gasteiger partial charge in [-0.15, -0.1) is 16.3 Å². The first kappa shape index (κ1) is 35.6. The van der Waals surface area contributed by atoms with Gasteiger partial charge in [0.1, 0.15) is 5.75 Å². The fourth-order valence-corrected chi connectivity index (χ4v) is 5.68. The van der Waals surface area contributed by atoms with E-state index in [4.69, 9.17) is 14.2 Å². The summed E-state index contributed by atoms with van der Waals surface area (Å²) in [6.45, 7) is 12.4. The summed E-state index contributed by atoms with van der Waals surface area (Å²) in [6.07, 6.45) is 0.0367. The molecule has 1 unspecified atom stereocenters. The number of aryl methyl sites for hydroxylation is 3. The van der Waals surface area contributed by atoms with E-state index in [0.717, 1.165) is 26.6 Å². The molecule has 0 aliphatic heterocycles. The average Bonchev–Trinajstić information content (AvgIpc) is 3.55. The molecular weight excluding hydrogens is 628 g/mol. The monoisotopic (exact) mass is 668 g/mol. The van der Waals surface area contributed by atoms with Gasteiger partial charge in [0.15, 0.2) is 0 Å². The Labute approximate surface area is 285 Å². The second-order valence-electron chi connectivity index (χ2n) is 12.3. The molecule has 9 nitrogen and oxygen atoms in total. The van der Waals surface area contributed by atoms with Crippen molar-refractivity contribution in [2.75, 3.05) is 7.11 Å². The normalized spacial score (nSPS) is 11.9. The minimum Gasteiger partial charge on any atom is -0.496 e. The third kappa shape index (κ3) is 8.57. The van der Waals surface area contributed by atoms with Gasteiger partial charge in [0.25, 0.3) is 18.1 Å². The molecule has 10 heteroatoms. The molecular formula is C38H40N2O7S. The lowest BCUT2D eigenvalue weighted by atomic mass is 10.0. The fraction of sp³-hybridized carbons (Fsp3) is 0.263. The molecule has 1 aromatic heterocycles. The van der Waals surface area contributed by atoms with Crippen LogP contribution in [0.4, 0.5) is 4.79 Å². The summed E-state index contributed by atoms with van der Waals surface area (Å²) < 4.78 is 17.0. The number of benzene rings is 3. The van der Waals surface area contributed by atoms with E-state index in [1.807, 2.05) is 44.4 Å². The van der Waals surface area contributed by atoms with E-state index in [0.29, 0.717) is 21.9 Å². The quantitative estimate of drug-likeness (QED) is 0.0804. The smallest absolute Gasteiger partial charge is 0.439 e. The van der Waals surface area contributed by atoms with Crippen LogP contribution in [0.5, 0.6) is 5.75 Å². The minimum atomic E-state index is -1.56. The highest BCUT2D eigenvalue weighted by molar-refractivity contribution is 7.10. The number of rotatable bonds is 8. The maximum Gasteiger partial charge on any atom is 0.439 e. The highest BCUT2D eigenvalue weighted by Crippen LogP contribution is 2.30. The summed E-state index contributed by atoms with van der Waals surface area (Å²) >= 11 is 1.44. The molecule has 3 aromatic carbocycles. The second kappa shape index (κ2) is 15.1. The van der Waals surface area contributed by atoms with Gasteiger partial charge in [-0.05, 0) is 90.3 Å². The number of nitrogens with zero attached hydrogens (tertiary/aromatic N) is 2. The molecule has 0 bridgehead atoms. The van der Waals surface area contributed by atoms with Gasteiger partial charge < -0.3 is 14.2 Å². The van der Waals surface area contributed by atoms with Crippen LogP contribution in [0.1, 0.15) is 80.5 Å². The SMILES string of the molecule is COc1cccc(C(=O)N(C(=O)OC(OC(=O)/C=C/c2cccs2)c2ccc(C)cc2)N(C(=O)c2cc(C)cc(C)c2)C(C)(C)C)c1C. The molecule has 0 fully saturated rings. The van der Waals surface area contributed by atoms with E-state index in [9.17, 15) is 19.2 Å². The van der Waals surface area contributed by atoms with Crippen LogP contribution in [0.15, 0.2) is 84.3 Å². The van der Waals surface area contributed by atoms with Crippen LogP contribution in [-0.2, 0) is 14.3 Å². The first-order valence-corrected chi connectivity index (χ1v) is 16.2. The zero-order valence-electron chi connectivity index (χ0n) is 28.4. The highest BCUT2D eigenvalue weighted by atomic mass is 32.1. The number of imide groups is 1. The Bertz CT molecular complexity index is 1800. The van der Waals surface area contributed by atoms with Crippen LogP contribution < -0.4 is 4.74 Å². The van der Waals surface area contributed by atoms with E-state index in [2.05, 4.69) is 0 Å². The number of methoxy groups -OCH3 is 1. The van der Waals surface area contributed by atoms with Crippen LogP contribution in [0.25, 0.3) is 6.08 Å². The van der Waals surface area contributed by atoms with Gasteiger partial charge in [-0.1, -0.05) is 59.2 Å². The second-order valence-corrected chi connectivity index (χ2v) is 13.3. The topological polar surface area (TPSA) is 102 Å². The summed E-state index contributed by atoms with van der Waals surface area (Å²) in [7, 11) is 1.47. The van der Waals surface area contributed by atoms with E-state index in [1.54, 1.807) is 82.3 Å². The summed E-state index contributed by atoms with van der Waals surface area (Å²) in [5.74, 6) is -1.80. The third-order valence-electron chi connectivity index (χ3n) is 7.30. The summed E-state index contributed by atoms with van der Waals surface area (Å²) in [5.41, 5.74) is 2.66. The van der Waals surface area contributed by atoms with Crippen LogP contribution >= 0.6 is 11.3 Å². The molecule has 3 amide bonds. The molecule has 4 aromatic rings. The maximum atomic E-state index is 14.5. The lowest BCUT2D eigenvalue weighted by Crippen LogP contribution is -2.60. The number of carbonyl (C=O) groups is 4. The molecule has 0 aliphatic rings. The van der Waals surface area contributed by atoms with Crippen LogP contribution in [0, 0.1) is 27.7 Å². The Balaban J connectivity index is 1.82. The molecule has 1 atom stereocenters. The van der Waals surface area contributed by atoms with Crippen molar-refractivity contribution in [1.82, 2.24) is 10.0 Å². The Kier molecular flexibility index (Phi) is 11.2. The van der Waals surface area contributed by atoms with Gasteiger partial charge in [0.05, 0.1) is 12.6 Å². The van der Waals surface area contributed by atoms with E-state index in [-0.39, 0.29) is 11.1 Å². The van der Waals surface area contributed by atoms with Crippen LogP contribution in [-0.4, -0.2) is 46.5 Å². The average molecular weight is 669 g/mol. The standard InChI is InChI=1S/C38H40N2O7S/c1-24-14-16-28(17-15-24)36(46-33(41)19-18-30-11-10-20-48-30)47-37(44)39(35(43)31-12-9-13-32(45-8)27(31)4)40(38(5,6)7)34(42)29-22-25(2)21-26(3)23-29/h9-23,36H,1-8H3/b19-18+. The number of carbonyl (C=O) groups excluding carboxylic acids is 4. The summed E-state index contributed by atoms with van der Waals surface area (Å²) in [4.78, 5) is 57.1. The number of ether oxygens (including phenoxy) is 3. The fourth-order valence-electron chi connectivity index (χ4n) is 5.06. The van der Waals surface area contributed by atoms with Crippen molar-refractivity contribution in [3.63, 3.8) is 0 Å². The van der Waals surface area contributed by atoms with E-state index >= 15 is 0 Å². The molecule has 0 spiro atoms. The lowest BCUT2D eigenvalue weighted by Gasteiger charge is -2.41. The molecule has 0 aliphatic carbocycles. The molecule has 1 heterocycles. The van der Waals surface area contributed by atoms with Gasteiger partial charge in [-0.3, -0.25) is 9.59 Å². The van der Waals surface area contributed by atoms with Crippen molar-refractivity contribution < 1.29 is 33.4 Å².